The summed E-state index contributed by atoms with van der Waals surface area (Å²) in [6.45, 7) is 4.38. The molecule has 0 saturated heterocycles. The maximum absolute atomic E-state index is 10.6. The van der Waals surface area contributed by atoms with Crippen LogP contribution in [0.1, 0.15) is 33.1 Å². The molecule has 3 nitrogen and oxygen atoms in total. The van der Waals surface area contributed by atoms with Crippen molar-refractivity contribution < 1.29 is 9.53 Å². The van der Waals surface area contributed by atoms with Crippen molar-refractivity contribution in [2.75, 3.05) is 6.61 Å². The van der Waals surface area contributed by atoms with Crippen LogP contribution in [-0.4, -0.2) is 17.6 Å². The third-order valence-corrected chi connectivity index (χ3v) is 1.61. The first kappa shape index (κ1) is 26.6. The molecule has 0 atom stereocenters. The maximum atomic E-state index is 10.6. The monoisotopic (exact) mass is 449 g/mol. The second-order valence-electron chi connectivity index (χ2n) is 2.93. The van der Waals surface area contributed by atoms with Gasteiger partial charge in [0.2, 0.25) is 0 Å². The number of rotatable bonds is 4. The Morgan fingerprint density at radius 2 is 1.61 bits per heavy atom. The van der Waals surface area contributed by atoms with Crippen molar-refractivity contribution in [3.63, 3.8) is 0 Å². The molecular formula is C12H22Br3NO2. The van der Waals surface area contributed by atoms with Crippen molar-refractivity contribution in [3.8, 4) is 0 Å². The fourth-order valence-electron chi connectivity index (χ4n) is 0.867. The highest BCUT2D eigenvalue weighted by molar-refractivity contribution is 8.93. The fraction of sp³-hybridized carbons (Fsp3) is 0.500. The zero-order valence-corrected chi connectivity index (χ0v) is 15.8. The molecule has 0 aromatic carbocycles. The van der Waals surface area contributed by atoms with E-state index in [-0.39, 0.29) is 56.9 Å². The van der Waals surface area contributed by atoms with Gasteiger partial charge in [-0.1, -0.05) is 19.4 Å². The highest BCUT2D eigenvalue weighted by Gasteiger charge is 1.97. The lowest BCUT2D eigenvalue weighted by molar-refractivity contribution is -0.143. The van der Waals surface area contributed by atoms with Gasteiger partial charge in [-0.3, -0.25) is 9.78 Å². The van der Waals surface area contributed by atoms with Gasteiger partial charge in [-0.05, 0) is 25.5 Å². The van der Waals surface area contributed by atoms with Gasteiger partial charge < -0.3 is 4.74 Å². The Labute approximate surface area is 141 Å². The zero-order chi connectivity index (χ0) is 11.4. The molecule has 6 heteroatoms. The van der Waals surface area contributed by atoms with E-state index in [2.05, 4.69) is 11.9 Å². The number of carbonyl (C=O) groups is 1. The Hall–Kier alpha value is 0.0600. The number of nitrogens with zero attached hydrogens (tertiary/aromatic N) is 1. The largest absolute Gasteiger partial charge is 0.466 e. The summed E-state index contributed by atoms with van der Waals surface area (Å²) in [6, 6.07) is 5.72. The van der Waals surface area contributed by atoms with Gasteiger partial charge in [-0.2, -0.15) is 0 Å². The average molecular weight is 452 g/mol. The fourth-order valence-corrected chi connectivity index (χ4v) is 0.867. The second-order valence-corrected chi connectivity index (χ2v) is 2.93. The summed E-state index contributed by atoms with van der Waals surface area (Å²) >= 11 is 0. The third-order valence-electron chi connectivity index (χ3n) is 1.61. The number of hydrogen-bond donors (Lipinski definition) is 0. The summed E-state index contributed by atoms with van der Waals surface area (Å²) in [4.78, 5) is 14.4. The van der Waals surface area contributed by atoms with Crippen molar-refractivity contribution in [1.82, 2.24) is 4.98 Å². The molecule has 1 aromatic rings. The third kappa shape index (κ3) is 21.4. The van der Waals surface area contributed by atoms with Gasteiger partial charge in [-0.15, -0.1) is 50.9 Å². The van der Waals surface area contributed by atoms with Crippen LogP contribution < -0.4 is 0 Å². The normalized spacial score (nSPS) is 7.22. The lowest BCUT2D eigenvalue weighted by Gasteiger charge is -1.97. The minimum absolute atomic E-state index is 0. The Kier molecular flexibility index (Phi) is 32.9. The minimum Gasteiger partial charge on any atom is -0.466 e. The van der Waals surface area contributed by atoms with Crippen LogP contribution in [0.4, 0.5) is 0 Å². The predicted octanol–water partition coefficient (Wildman–Crippen LogP) is 4.56. The molecule has 1 heterocycles. The van der Waals surface area contributed by atoms with Crippen LogP contribution in [0.5, 0.6) is 0 Å². The summed E-state index contributed by atoms with van der Waals surface area (Å²) in [5, 5.41) is 0. The molecule has 0 fully saturated rings. The molecule has 0 unspecified atom stereocenters. The van der Waals surface area contributed by atoms with E-state index in [0.29, 0.717) is 13.0 Å². The van der Waals surface area contributed by atoms with Crippen LogP contribution in [0, 0.1) is 0 Å². The number of hydrogen-bond acceptors (Lipinski definition) is 3. The number of esters is 1. The van der Waals surface area contributed by atoms with E-state index in [1.165, 1.54) is 0 Å². The lowest BCUT2D eigenvalue weighted by atomic mass is 10.3. The summed E-state index contributed by atoms with van der Waals surface area (Å²) in [6.07, 6.45) is 6.07. The number of halogens is 3. The van der Waals surface area contributed by atoms with E-state index in [1.54, 1.807) is 12.4 Å². The SMILES string of the molecule is Br.Br.Br.CCCCC(=O)OCC.c1ccncc1. The molecule has 0 aliphatic carbocycles. The van der Waals surface area contributed by atoms with Crippen LogP contribution in [0.15, 0.2) is 30.6 Å². The molecule has 0 spiro atoms. The molecule has 18 heavy (non-hydrogen) atoms. The second kappa shape index (κ2) is 22.3. The number of pyridine rings is 1. The Morgan fingerprint density at radius 1 is 1.06 bits per heavy atom. The van der Waals surface area contributed by atoms with E-state index >= 15 is 0 Å². The quantitative estimate of drug-likeness (QED) is 0.630. The van der Waals surface area contributed by atoms with Crippen LogP contribution >= 0.6 is 50.9 Å². The van der Waals surface area contributed by atoms with Gasteiger partial charge in [0.15, 0.2) is 0 Å². The Bertz CT molecular complexity index is 222. The highest BCUT2D eigenvalue weighted by Crippen LogP contribution is 1.95. The molecule has 1 aromatic heterocycles. The molecule has 0 aliphatic rings. The van der Waals surface area contributed by atoms with E-state index in [1.807, 2.05) is 25.1 Å². The summed E-state index contributed by atoms with van der Waals surface area (Å²) in [5.41, 5.74) is 0. The maximum Gasteiger partial charge on any atom is 0.305 e. The molecular weight excluding hydrogens is 430 g/mol. The number of aromatic nitrogens is 1. The first-order chi connectivity index (χ1) is 7.31. The molecule has 0 N–H and O–H groups in total. The van der Waals surface area contributed by atoms with Gasteiger partial charge in [-0.25, -0.2) is 0 Å². The smallest absolute Gasteiger partial charge is 0.305 e. The van der Waals surface area contributed by atoms with E-state index in [9.17, 15) is 4.79 Å². The first-order valence-corrected chi connectivity index (χ1v) is 5.31. The summed E-state index contributed by atoms with van der Waals surface area (Å²) in [5.74, 6) is -0.0700. The van der Waals surface area contributed by atoms with Crippen molar-refractivity contribution >= 4 is 56.9 Å². The Balaban J connectivity index is -0.0000000972. The molecule has 108 valence electrons. The van der Waals surface area contributed by atoms with Gasteiger partial charge in [0.25, 0.3) is 0 Å². The van der Waals surface area contributed by atoms with Crippen LogP contribution in [-0.2, 0) is 9.53 Å². The van der Waals surface area contributed by atoms with Crippen molar-refractivity contribution in [2.45, 2.75) is 33.1 Å². The van der Waals surface area contributed by atoms with Gasteiger partial charge in [0.1, 0.15) is 0 Å². The van der Waals surface area contributed by atoms with Crippen molar-refractivity contribution in [2.24, 2.45) is 0 Å². The van der Waals surface area contributed by atoms with E-state index < -0.39 is 0 Å². The molecule has 0 radical (unpaired) electrons. The molecule has 0 aliphatic heterocycles. The molecule has 1 rings (SSSR count). The lowest BCUT2D eigenvalue weighted by Crippen LogP contribution is -2.02. The van der Waals surface area contributed by atoms with E-state index in [0.717, 1.165) is 12.8 Å². The molecule has 0 saturated carbocycles. The predicted molar refractivity (Wildman–Crippen MR) is 91.4 cm³/mol. The van der Waals surface area contributed by atoms with Crippen molar-refractivity contribution in [1.29, 1.82) is 0 Å². The number of ether oxygens (including phenoxy) is 1. The standard InChI is InChI=1S/C7H14O2.C5H5N.3BrH/c1-3-5-6-7(8)9-4-2;1-2-4-6-5-3-1;;;/h3-6H2,1-2H3;1-5H;3*1H. The van der Waals surface area contributed by atoms with Gasteiger partial charge in [0.05, 0.1) is 6.61 Å². The van der Waals surface area contributed by atoms with E-state index in [4.69, 9.17) is 4.74 Å². The summed E-state index contributed by atoms with van der Waals surface area (Å²) in [7, 11) is 0. The first-order valence-electron chi connectivity index (χ1n) is 5.31. The number of carbonyl (C=O) groups excluding carboxylic acids is 1. The topological polar surface area (TPSA) is 39.2 Å². The van der Waals surface area contributed by atoms with Crippen molar-refractivity contribution in [3.05, 3.63) is 30.6 Å². The molecule has 0 bridgehead atoms. The molecule has 0 amide bonds. The van der Waals surface area contributed by atoms with Crippen LogP contribution in [0.2, 0.25) is 0 Å². The zero-order valence-electron chi connectivity index (χ0n) is 10.7. The van der Waals surface area contributed by atoms with Crippen LogP contribution in [0.25, 0.3) is 0 Å². The van der Waals surface area contributed by atoms with Gasteiger partial charge in [0, 0.05) is 18.8 Å². The average Bonchev–Trinajstić information content (AvgIpc) is 2.30. The van der Waals surface area contributed by atoms with Crippen LogP contribution in [0.3, 0.4) is 0 Å². The van der Waals surface area contributed by atoms with Gasteiger partial charge >= 0.3 is 5.97 Å². The minimum atomic E-state index is -0.0700. The summed E-state index contributed by atoms with van der Waals surface area (Å²) < 4.78 is 4.70. The Morgan fingerprint density at radius 3 is 1.89 bits per heavy atom. The number of unbranched alkanes of at least 4 members (excludes halogenated alkanes) is 1. The highest BCUT2D eigenvalue weighted by atomic mass is 79.9.